The summed E-state index contributed by atoms with van der Waals surface area (Å²) in [5.74, 6) is 2.65. The molecule has 4 aliphatic heterocycles. The van der Waals surface area contributed by atoms with Crippen LogP contribution in [-0.2, 0) is 33.0 Å². The maximum absolute atomic E-state index is 12.8. The summed E-state index contributed by atoms with van der Waals surface area (Å²) in [5.41, 5.74) is 2.57. The Morgan fingerprint density at radius 1 is 0.633 bits per heavy atom. The quantitative estimate of drug-likeness (QED) is 0.140. The number of nitrogens with zero attached hydrogens (tertiary/aromatic N) is 10. The van der Waals surface area contributed by atoms with Crippen LogP contribution in [-0.4, -0.2) is 103 Å². The highest BCUT2D eigenvalue weighted by molar-refractivity contribution is 7.19. The molecule has 1 aromatic carbocycles. The van der Waals surface area contributed by atoms with Crippen LogP contribution >= 0.6 is 22.7 Å². The molecule has 2 unspecified atom stereocenters. The molecule has 10 rings (SSSR count). The zero-order valence-electron chi connectivity index (χ0n) is 33.1. The highest BCUT2D eigenvalue weighted by Crippen LogP contribution is 2.40. The van der Waals surface area contributed by atoms with Crippen LogP contribution < -0.4 is 9.80 Å². The van der Waals surface area contributed by atoms with Gasteiger partial charge in [0.25, 0.3) is 0 Å². The van der Waals surface area contributed by atoms with E-state index in [0.29, 0.717) is 38.5 Å². The Labute approximate surface area is 351 Å². The second-order valence-electron chi connectivity index (χ2n) is 16.5. The van der Waals surface area contributed by atoms with E-state index in [1.165, 1.54) is 23.8 Å². The number of hydrogen-bond acceptors (Lipinski definition) is 11. The second kappa shape index (κ2) is 16.8. The average molecular weight is 869 g/mol. The summed E-state index contributed by atoms with van der Waals surface area (Å²) in [4.78, 5) is 28.8. The van der Waals surface area contributed by atoms with Crippen LogP contribution in [0.25, 0.3) is 20.4 Å². The Kier molecular flexibility index (Phi) is 11.5. The maximum atomic E-state index is 12.8. The molecule has 5 aromatic heterocycles. The molecule has 9 heterocycles. The number of thiophene rings is 2. The summed E-state index contributed by atoms with van der Waals surface area (Å²) in [6, 6.07) is 14.9. The minimum absolute atomic E-state index is 0.289. The number of anilines is 2. The second-order valence-corrected chi connectivity index (χ2v) is 18.7. The van der Waals surface area contributed by atoms with Crippen molar-refractivity contribution in [1.29, 1.82) is 0 Å². The molecule has 4 saturated heterocycles. The third kappa shape index (κ3) is 9.26. The molecule has 0 amide bonds. The molecule has 0 spiro atoms. The van der Waals surface area contributed by atoms with Gasteiger partial charge in [-0.1, -0.05) is 30.3 Å². The van der Waals surface area contributed by atoms with Gasteiger partial charge in [-0.05, 0) is 68.3 Å². The number of benzene rings is 1. The van der Waals surface area contributed by atoms with E-state index in [2.05, 4.69) is 75.1 Å². The van der Waals surface area contributed by atoms with Gasteiger partial charge in [-0.3, -0.25) is 14.5 Å². The number of rotatable bonds is 8. The van der Waals surface area contributed by atoms with Crippen LogP contribution in [0.4, 0.5) is 38.0 Å². The lowest BCUT2D eigenvalue weighted by Gasteiger charge is -2.38. The smallest absolute Gasteiger partial charge is 0.356 e. The Balaban J connectivity index is 0.000000154. The highest BCUT2D eigenvalue weighted by Gasteiger charge is 2.41. The molecule has 0 radical (unpaired) electrons. The molecule has 0 aliphatic carbocycles. The summed E-state index contributed by atoms with van der Waals surface area (Å²) in [6.45, 7) is 7.53. The third-order valence-corrected chi connectivity index (χ3v) is 14.4. The zero-order valence-corrected chi connectivity index (χ0v) is 34.7. The number of hydrogen-bond donors (Lipinski definition) is 0. The standard InChI is InChI=1S/C22H23F3N4S.C20H23F3N6S/c23-22(24,25)11-17-10-18-20(26-14-27-21(18)30-17)29-9-7-19-16(13-29)6-8-28(19)12-15-4-2-1-3-5-15;1-27-9-13(8-26-27)10-28-4-2-14-11-29(5-3-17(14)28)18-16-6-15(7-20(21,22)23)30-19(16)25-12-24-18/h1-5,10,14,16,19H,6-9,11-13H2;6,8-9,12,14,17H,2-5,7,10-11H2,1H3/t;14-,17+/m.0/s1. The predicted molar refractivity (Wildman–Crippen MR) is 222 cm³/mol. The minimum atomic E-state index is -4.21. The number of piperidine rings is 2. The number of aromatic nitrogens is 6. The Morgan fingerprint density at radius 3 is 1.60 bits per heavy atom. The lowest BCUT2D eigenvalue weighted by atomic mass is 9.92. The number of aryl methyl sites for hydroxylation is 1. The van der Waals surface area contributed by atoms with Crippen molar-refractivity contribution in [2.24, 2.45) is 18.9 Å². The predicted octanol–water partition coefficient (Wildman–Crippen LogP) is 8.53. The van der Waals surface area contributed by atoms with E-state index >= 15 is 0 Å². The largest absolute Gasteiger partial charge is 0.393 e. The first-order valence-corrected chi connectivity index (χ1v) is 22.0. The van der Waals surface area contributed by atoms with Gasteiger partial charge in [0.15, 0.2) is 0 Å². The van der Waals surface area contributed by atoms with Crippen molar-refractivity contribution in [3.63, 3.8) is 0 Å². The third-order valence-electron chi connectivity index (χ3n) is 12.3. The first kappa shape index (κ1) is 41.0. The fourth-order valence-corrected chi connectivity index (χ4v) is 11.8. The summed E-state index contributed by atoms with van der Waals surface area (Å²) in [6.07, 6.45) is 1.03. The lowest BCUT2D eigenvalue weighted by Crippen LogP contribution is -2.46. The number of fused-ring (bicyclic) bond motifs is 4. The van der Waals surface area contributed by atoms with Gasteiger partial charge >= 0.3 is 12.4 Å². The van der Waals surface area contributed by atoms with Crippen molar-refractivity contribution in [3.8, 4) is 0 Å². The van der Waals surface area contributed by atoms with Gasteiger partial charge in [-0.15, -0.1) is 22.7 Å². The van der Waals surface area contributed by atoms with Crippen molar-refractivity contribution in [1.82, 2.24) is 39.5 Å². The minimum Gasteiger partial charge on any atom is -0.356 e. The summed E-state index contributed by atoms with van der Waals surface area (Å²) < 4.78 is 78.7. The van der Waals surface area contributed by atoms with Crippen LogP contribution in [0.15, 0.2) is 67.5 Å². The molecule has 10 nitrogen and oxygen atoms in total. The van der Waals surface area contributed by atoms with E-state index in [4.69, 9.17) is 0 Å². The number of likely N-dealkylation sites (tertiary alicyclic amines) is 2. The fraction of sp³-hybridized carbons (Fsp3) is 0.500. The summed E-state index contributed by atoms with van der Waals surface area (Å²) in [5, 5.41) is 5.76. The van der Waals surface area contributed by atoms with Crippen LogP contribution in [0.3, 0.4) is 0 Å². The van der Waals surface area contributed by atoms with E-state index in [1.807, 2.05) is 24.0 Å². The van der Waals surface area contributed by atoms with Gasteiger partial charge < -0.3 is 9.80 Å². The number of halogens is 6. The van der Waals surface area contributed by atoms with Crippen LogP contribution in [0.2, 0.25) is 0 Å². The van der Waals surface area contributed by atoms with E-state index < -0.39 is 25.2 Å². The van der Waals surface area contributed by atoms with Gasteiger partial charge in [0, 0.05) is 79.9 Å². The molecule has 0 N–H and O–H groups in total. The molecular weight excluding hydrogens is 823 g/mol. The van der Waals surface area contributed by atoms with Gasteiger partial charge in [0.05, 0.1) is 29.8 Å². The first-order chi connectivity index (χ1) is 28.8. The van der Waals surface area contributed by atoms with Crippen LogP contribution in [0.1, 0.15) is 46.6 Å². The molecule has 318 valence electrons. The molecule has 0 bridgehead atoms. The fourth-order valence-electron chi connectivity index (χ4n) is 9.81. The van der Waals surface area contributed by atoms with Crippen LogP contribution in [0, 0.1) is 11.8 Å². The maximum Gasteiger partial charge on any atom is 0.393 e. The van der Waals surface area contributed by atoms with Crippen LogP contribution in [0.5, 0.6) is 0 Å². The van der Waals surface area contributed by atoms with E-state index in [0.717, 1.165) is 123 Å². The first-order valence-electron chi connectivity index (χ1n) is 20.4. The van der Waals surface area contributed by atoms with Gasteiger partial charge in [-0.25, -0.2) is 19.9 Å². The Morgan fingerprint density at radius 2 is 1.13 bits per heavy atom. The van der Waals surface area contributed by atoms with Crippen molar-refractivity contribution in [2.45, 2.75) is 76.1 Å². The average Bonchev–Trinajstić information content (AvgIpc) is 4.05. The molecule has 6 aromatic rings. The summed E-state index contributed by atoms with van der Waals surface area (Å²) >= 11 is 2.23. The highest BCUT2D eigenvalue weighted by atomic mass is 32.1. The van der Waals surface area contributed by atoms with E-state index in [1.54, 1.807) is 12.1 Å². The normalized spacial score (nSPS) is 22.6. The molecule has 60 heavy (non-hydrogen) atoms. The summed E-state index contributed by atoms with van der Waals surface area (Å²) in [7, 11) is 1.93. The zero-order chi connectivity index (χ0) is 41.6. The molecule has 0 saturated carbocycles. The Hall–Kier alpha value is -4.39. The molecule has 4 fully saturated rings. The van der Waals surface area contributed by atoms with Crippen molar-refractivity contribution in [3.05, 3.63) is 88.4 Å². The molecule has 4 aliphatic rings. The van der Waals surface area contributed by atoms with E-state index in [9.17, 15) is 26.3 Å². The van der Waals surface area contributed by atoms with E-state index in [-0.39, 0.29) is 4.88 Å². The molecule has 18 heteroatoms. The number of alkyl halides is 6. The lowest BCUT2D eigenvalue weighted by molar-refractivity contribution is -0.127. The topological polar surface area (TPSA) is 82.3 Å². The van der Waals surface area contributed by atoms with Crippen molar-refractivity contribution < 1.29 is 26.3 Å². The Bertz CT molecular complexity index is 2400. The SMILES string of the molecule is Cn1cc(CN2CC[C@H]3CN(c4ncnc5sc(CC(F)(F)F)cc45)CC[C@H]32)cn1.FC(F)(F)Cc1cc2c(N3CCC4C(CCN4Cc4ccccc4)C3)ncnc2s1. The van der Waals surface area contributed by atoms with Gasteiger partial charge in [0.2, 0.25) is 0 Å². The van der Waals surface area contributed by atoms with Crippen molar-refractivity contribution in [2.75, 3.05) is 49.1 Å². The molecule has 4 atom stereocenters. The van der Waals surface area contributed by atoms with Gasteiger partial charge in [-0.2, -0.15) is 31.4 Å². The monoisotopic (exact) mass is 868 g/mol. The van der Waals surface area contributed by atoms with Crippen molar-refractivity contribution >= 4 is 54.7 Å². The van der Waals surface area contributed by atoms with Gasteiger partial charge in [0.1, 0.15) is 34.0 Å². The molecular formula is C42H46F6N10S2.